The number of pyridine rings is 1. The monoisotopic (exact) mass is 601 g/mol. The Labute approximate surface area is 238 Å². The van der Waals surface area contributed by atoms with E-state index < -0.39 is 77.9 Å². The molecule has 1 amide bonds. The maximum Gasteiger partial charge on any atom is 0.248 e. The minimum Gasteiger partial charge on any atom is -0.394 e. The van der Waals surface area contributed by atoms with E-state index in [0.29, 0.717) is 5.56 Å². The van der Waals surface area contributed by atoms with Gasteiger partial charge in [0.05, 0.1) is 18.4 Å². The van der Waals surface area contributed by atoms with Crippen LogP contribution in [-0.2, 0) is 9.53 Å². The van der Waals surface area contributed by atoms with Crippen molar-refractivity contribution in [2.24, 2.45) is 0 Å². The predicted octanol–water partition coefficient (Wildman–Crippen LogP) is 1.43. The molecule has 0 radical (unpaired) electrons. The van der Waals surface area contributed by atoms with E-state index in [2.05, 4.69) is 15.3 Å². The first-order valence-corrected chi connectivity index (χ1v) is 14.5. The van der Waals surface area contributed by atoms with E-state index in [-0.39, 0.29) is 30.1 Å². The molecule has 2 aromatic heterocycles. The Morgan fingerprint density at radius 1 is 1.24 bits per heavy atom. The van der Waals surface area contributed by atoms with Crippen LogP contribution >= 0.6 is 11.8 Å². The molecule has 226 valence electrons. The summed E-state index contributed by atoms with van der Waals surface area (Å²) in [5.41, 5.74) is -2.03. The van der Waals surface area contributed by atoms with Crippen molar-refractivity contribution in [3.63, 3.8) is 0 Å². The van der Waals surface area contributed by atoms with Crippen molar-refractivity contribution >= 4 is 17.7 Å². The standard InChI is InChI=1S/C26H34F3N5O6S/c1-13-9-14(10-30-22(13)27)16-11-34(32-31-16)18-19(36)17(12-35)40-24(20(18)37)41-21(23(38)33(2)15-3-4-15)25(39)5-7-26(28,29)8-6-25/h9-11,15,17-21,24,35-37,39H,3-8,12H2,1-2H3/t17-,18+,19+,20-,21?,24+/m1/s1. The van der Waals surface area contributed by atoms with E-state index in [9.17, 15) is 38.4 Å². The van der Waals surface area contributed by atoms with Crippen molar-refractivity contribution in [1.82, 2.24) is 24.9 Å². The van der Waals surface area contributed by atoms with E-state index in [0.717, 1.165) is 24.6 Å². The number of amides is 1. The van der Waals surface area contributed by atoms with Crippen molar-refractivity contribution in [1.29, 1.82) is 0 Å². The van der Waals surface area contributed by atoms with Crippen LogP contribution in [-0.4, -0.2) is 111 Å². The molecule has 2 saturated carbocycles. The number of nitrogens with zero attached hydrogens (tertiary/aromatic N) is 5. The third-order valence-corrected chi connectivity index (χ3v) is 9.82. The summed E-state index contributed by atoms with van der Waals surface area (Å²) in [5.74, 6) is -4.05. The number of thioether (sulfide) groups is 1. The topological polar surface area (TPSA) is 154 Å². The number of carbonyl (C=O) groups is 1. The van der Waals surface area contributed by atoms with Gasteiger partial charge in [0.15, 0.2) is 0 Å². The van der Waals surface area contributed by atoms with Gasteiger partial charge in [-0.1, -0.05) is 5.21 Å². The molecule has 0 spiro atoms. The Balaban J connectivity index is 1.43. The van der Waals surface area contributed by atoms with Gasteiger partial charge >= 0.3 is 0 Å². The molecule has 11 nitrogen and oxygen atoms in total. The highest BCUT2D eigenvalue weighted by Crippen LogP contribution is 2.47. The van der Waals surface area contributed by atoms with Gasteiger partial charge < -0.3 is 30.1 Å². The van der Waals surface area contributed by atoms with E-state index in [1.165, 1.54) is 35.0 Å². The number of aryl methyl sites for hydroxylation is 1. The lowest BCUT2D eigenvalue weighted by molar-refractivity contribution is -0.179. The lowest BCUT2D eigenvalue weighted by Gasteiger charge is -2.46. The quantitative estimate of drug-likeness (QED) is 0.327. The fraction of sp³-hybridized carbons (Fsp3) is 0.692. The summed E-state index contributed by atoms with van der Waals surface area (Å²) in [6, 6.07) is 0.301. The van der Waals surface area contributed by atoms with Gasteiger partial charge in [0.2, 0.25) is 17.8 Å². The van der Waals surface area contributed by atoms with Gasteiger partial charge in [-0.2, -0.15) is 4.39 Å². The minimum absolute atomic E-state index is 0.0191. The first-order valence-electron chi connectivity index (χ1n) is 13.5. The molecule has 2 aliphatic carbocycles. The normalized spacial score (nSPS) is 30.1. The zero-order chi connectivity index (χ0) is 29.7. The summed E-state index contributed by atoms with van der Waals surface area (Å²) in [5, 5.41) is 50.8. The third-order valence-electron chi connectivity index (χ3n) is 8.25. The Bertz CT molecular complexity index is 1260. The molecule has 4 N–H and O–H groups in total. The highest BCUT2D eigenvalue weighted by Gasteiger charge is 2.54. The van der Waals surface area contributed by atoms with Crippen LogP contribution in [0.15, 0.2) is 18.5 Å². The van der Waals surface area contributed by atoms with Crippen LogP contribution in [0.5, 0.6) is 0 Å². The second-order valence-corrected chi connectivity index (χ2v) is 12.5. The molecule has 2 aromatic rings. The highest BCUT2D eigenvalue weighted by molar-refractivity contribution is 8.01. The molecule has 1 saturated heterocycles. The highest BCUT2D eigenvalue weighted by atomic mass is 32.2. The van der Waals surface area contributed by atoms with Crippen molar-refractivity contribution in [2.75, 3.05) is 13.7 Å². The minimum atomic E-state index is -2.95. The predicted molar refractivity (Wildman–Crippen MR) is 140 cm³/mol. The summed E-state index contributed by atoms with van der Waals surface area (Å²) in [6.07, 6.45) is -1.72. The van der Waals surface area contributed by atoms with Gasteiger partial charge in [0.25, 0.3) is 0 Å². The Hall–Kier alpha value is -2.30. The molecule has 41 heavy (non-hydrogen) atoms. The first-order chi connectivity index (χ1) is 19.3. The number of carbonyl (C=O) groups excluding carboxylic acids is 1. The zero-order valence-electron chi connectivity index (χ0n) is 22.6. The van der Waals surface area contributed by atoms with Gasteiger partial charge in [0.1, 0.15) is 40.7 Å². The van der Waals surface area contributed by atoms with E-state index in [4.69, 9.17) is 4.74 Å². The van der Waals surface area contributed by atoms with Gasteiger partial charge in [-0.3, -0.25) is 4.79 Å². The van der Waals surface area contributed by atoms with Crippen molar-refractivity contribution in [3.8, 4) is 11.3 Å². The molecule has 3 heterocycles. The van der Waals surface area contributed by atoms with Crippen LogP contribution in [0.2, 0.25) is 0 Å². The summed E-state index contributed by atoms with van der Waals surface area (Å²) < 4.78 is 48.7. The molecule has 15 heteroatoms. The van der Waals surface area contributed by atoms with Crippen molar-refractivity contribution in [3.05, 3.63) is 30.0 Å². The number of alkyl halides is 2. The van der Waals surface area contributed by atoms with E-state index in [1.807, 2.05) is 0 Å². The van der Waals surface area contributed by atoms with Crippen molar-refractivity contribution in [2.45, 2.75) is 98.1 Å². The lowest BCUT2D eigenvalue weighted by atomic mass is 9.80. The molecule has 1 aliphatic heterocycles. The van der Waals surface area contributed by atoms with Gasteiger partial charge in [-0.15, -0.1) is 16.9 Å². The second kappa shape index (κ2) is 11.4. The molecule has 0 aromatic carbocycles. The molecule has 3 fully saturated rings. The Morgan fingerprint density at radius 2 is 1.93 bits per heavy atom. The molecule has 3 aliphatic rings. The number of aliphatic hydroxyl groups excluding tert-OH is 3. The maximum atomic E-state index is 14.0. The number of hydrogen-bond acceptors (Lipinski definition) is 10. The van der Waals surface area contributed by atoms with Crippen LogP contribution in [0.3, 0.4) is 0 Å². The van der Waals surface area contributed by atoms with Crippen LogP contribution in [0.1, 0.15) is 50.1 Å². The summed E-state index contributed by atoms with van der Waals surface area (Å²) in [6.45, 7) is 0.900. The maximum absolute atomic E-state index is 14.0. The number of ether oxygens (including phenoxy) is 1. The molecule has 5 rings (SSSR count). The van der Waals surface area contributed by atoms with Crippen LogP contribution in [0, 0.1) is 12.9 Å². The average Bonchev–Trinajstić information content (AvgIpc) is 3.68. The fourth-order valence-electron chi connectivity index (χ4n) is 5.43. The lowest BCUT2D eigenvalue weighted by Crippen LogP contribution is -2.58. The van der Waals surface area contributed by atoms with Crippen LogP contribution in [0.4, 0.5) is 13.2 Å². The number of hydrogen-bond donors (Lipinski definition) is 4. The van der Waals surface area contributed by atoms with E-state index in [1.54, 1.807) is 7.05 Å². The van der Waals surface area contributed by atoms with Crippen molar-refractivity contribution < 1.29 is 43.1 Å². The fourth-order valence-corrected chi connectivity index (χ4v) is 7.00. The molecular formula is C26H34F3N5O6S. The number of halogens is 3. The second-order valence-electron chi connectivity index (χ2n) is 11.3. The zero-order valence-corrected chi connectivity index (χ0v) is 23.4. The Kier molecular flexibility index (Phi) is 8.40. The molecule has 6 atom stereocenters. The molecule has 1 unspecified atom stereocenters. The van der Waals surface area contributed by atoms with Crippen LogP contribution < -0.4 is 0 Å². The third kappa shape index (κ3) is 6.11. The first kappa shape index (κ1) is 30.2. The van der Waals surface area contributed by atoms with E-state index >= 15 is 0 Å². The number of aliphatic hydroxyl groups is 4. The molecular weight excluding hydrogens is 567 g/mol. The number of aromatic nitrogens is 4. The van der Waals surface area contributed by atoms with Gasteiger partial charge in [-0.25, -0.2) is 18.4 Å². The number of rotatable bonds is 8. The smallest absolute Gasteiger partial charge is 0.248 e. The summed E-state index contributed by atoms with van der Waals surface area (Å²) in [7, 11) is 1.60. The average molecular weight is 602 g/mol. The Morgan fingerprint density at radius 3 is 2.54 bits per heavy atom. The van der Waals surface area contributed by atoms with Gasteiger partial charge in [-0.05, 0) is 38.7 Å². The summed E-state index contributed by atoms with van der Waals surface area (Å²) in [4.78, 5) is 18.8. The largest absolute Gasteiger partial charge is 0.394 e. The molecule has 0 bridgehead atoms. The van der Waals surface area contributed by atoms with Gasteiger partial charge in [0, 0.05) is 43.3 Å². The van der Waals surface area contributed by atoms with Crippen LogP contribution in [0.25, 0.3) is 11.3 Å². The summed E-state index contributed by atoms with van der Waals surface area (Å²) >= 11 is 0.793. The SMILES string of the molecule is Cc1cc(-c2cn([C@H]3[C@@H](O)[C@@H](CO)O[C@@H](SC(C(=O)N(C)C4CC4)C4(O)CCC(F)(F)CC4)[C@@H]3O)nn2)cnc1F.